The highest BCUT2D eigenvalue weighted by Crippen LogP contribution is 2.40. The van der Waals surface area contributed by atoms with Crippen LogP contribution in [0.25, 0.3) is 0 Å². The van der Waals surface area contributed by atoms with E-state index in [2.05, 4.69) is 10.3 Å². The first kappa shape index (κ1) is 14.2. The lowest BCUT2D eigenvalue weighted by Crippen LogP contribution is -2.30. The molecule has 3 rings (SSSR count). The highest BCUT2D eigenvalue weighted by Gasteiger charge is 2.27. The Morgan fingerprint density at radius 3 is 2.76 bits per heavy atom. The van der Waals surface area contributed by atoms with Crippen LogP contribution in [-0.4, -0.2) is 10.9 Å². The molecule has 1 fully saturated rings. The van der Waals surface area contributed by atoms with E-state index in [0.29, 0.717) is 11.0 Å². The number of hydrogen-bond donors (Lipinski definition) is 2. The van der Waals surface area contributed by atoms with Gasteiger partial charge in [0.05, 0.1) is 11.6 Å². The van der Waals surface area contributed by atoms with E-state index in [1.165, 1.54) is 24.2 Å². The molecule has 0 unspecified atom stereocenters. The third kappa shape index (κ3) is 3.31. The largest absolute Gasteiger partial charge is 0.323 e. The summed E-state index contributed by atoms with van der Waals surface area (Å²) in [4.78, 5) is 16.8. The van der Waals surface area contributed by atoms with Gasteiger partial charge in [-0.3, -0.25) is 4.79 Å². The maximum absolute atomic E-state index is 12.3. The molecule has 0 spiro atoms. The molecule has 1 saturated carbocycles. The molecule has 4 nitrogen and oxygen atoms in total. The minimum Gasteiger partial charge on any atom is -0.323 e. The Morgan fingerprint density at radius 1 is 1.38 bits per heavy atom. The van der Waals surface area contributed by atoms with Crippen molar-refractivity contribution < 1.29 is 4.79 Å². The first-order valence-corrected chi connectivity index (χ1v) is 8.10. The Kier molecular flexibility index (Phi) is 4.03. The van der Waals surface area contributed by atoms with Gasteiger partial charge in [0.1, 0.15) is 0 Å². The Morgan fingerprint density at radius 2 is 2.10 bits per heavy atom. The average Bonchev–Trinajstić information content (AvgIpc) is 3.27. The molecule has 1 aliphatic carbocycles. The van der Waals surface area contributed by atoms with Crippen molar-refractivity contribution in [3.8, 4) is 0 Å². The summed E-state index contributed by atoms with van der Waals surface area (Å²) in [5, 5.41) is 5.60. The van der Waals surface area contributed by atoms with Gasteiger partial charge in [-0.15, -0.1) is 11.3 Å². The summed E-state index contributed by atoms with van der Waals surface area (Å²) in [6.07, 6.45) is 2.43. The second-order valence-electron chi connectivity index (χ2n) is 5.57. The number of amides is 1. The van der Waals surface area contributed by atoms with Crippen molar-refractivity contribution in [3.05, 3.63) is 47.0 Å². The van der Waals surface area contributed by atoms with E-state index >= 15 is 0 Å². The van der Waals surface area contributed by atoms with Crippen molar-refractivity contribution in [2.75, 3.05) is 5.32 Å². The van der Waals surface area contributed by atoms with Crippen molar-refractivity contribution in [1.29, 1.82) is 0 Å². The van der Waals surface area contributed by atoms with Gasteiger partial charge in [-0.25, -0.2) is 4.98 Å². The molecule has 1 aliphatic rings. The second kappa shape index (κ2) is 5.95. The monoisotopic (exact) mass is 301 g/mol. The molecule has 1 aromatic carbocycles. The molecule has 0 saturated heterocycles. The molecule has 2 atom stereocenters. The molecule has 21 heavy (non-hydrogen) atoms. The smallest absolute Gasteiger partial charge is 0.230 e. The molecule has 5 heteroatoms. The Balaban J connectivity index is 1.63. The zero-order chi connectivity index (χ0) is 14.8. The van der Waals surface area contributed by atoms with E-state index in [1.54, 1.807) is 0 Å². The molecule has 0 aliphatic heterocycles. The highest BCUT2D eigenvalue weighted by atomic mass is 32.1. The summed E-state index contributed by atoms with van der Waals surface area (Å²) in [7, 11) is 0. The van der Waals surface area contributed by atoms with Crippen LogP contribution in [0.1, 0.15) is 43.0 Å². The summed E-state index contributed by atoms with van der Waals surface area (Å²) in [5.74, 6) is 0.222. The maximum atomic E-state index is 12.3. The summed E-state index contributed by atoms with van der Waals surface area (Å²) in [6.45, 7) is 1.85. The van der Waals surface area contributed by atoms with Gasteiger partial charge in [-0.05, 0) is 18.4 Å². The normalized spacial score (nSPS) is 17.2. The molecule has 1 aromatic heterocycles. The van der Waals surface area contributed by atoms with E-state index < -0.39 is 0 Å². The fraction of sp³-hybridized carbons (Fsp3) is 0.375. The number of rotatable bonds is 5. The number of anilines is 1. The van der Waals surface area contributed by atoms with Crippen molar-refractivity contribution in [2.24, 2.45) is 11.7 Å². The van der Waals surface area contributed by atoms with Gasteiger partial charge in [-0.2, -0.15) is 0 Å². The van der Waals surface area contributed by atoms with E-state index in [0.717, 1.165) is 11.3 Å². The summed E-state index contributed by atoms with van der Waals surface area (Å²) < 4.78 is 0. The number of hydrogen-bond acceptors (Lipinski definition) is 4. The number of aromatic nitrogens is 1. The third-order valence-corrected chi connectivity index (χ3v) is 4.66. The highest BCUT2D eigenvalue weighted by molar-refractivity contribution is 7.13. The minimum absolute atomic E-state index is 0.0805. The fourth-order valence-corrected chi connectivity index (χ4v) is 3.05. The van der Waals surface area contributed by atoms with Crippen LogP contribution in [0, 0.1) is 5.92 Å². The van der Waals surface area contributed by atoms with Crippen molar-refractivity contribution in [1.82, 2.24) is 4.98 Å². The molecule has 2 aromatic rings. The zero-order valence-electron chi connectivity index (χ0n) is 12.0. The lowest BCUT2D eigenvalue weighted by molar-refractivity contribution is -0.120. The number of benzene rings is 1. The number of carbonyl (C=O) groups excluding carboxylic acids is 1. The standard InChI is InChI=1S/C16H19N3OS/c1-10(14(17)12-5-3-2-4-6-12)15(20)19-16-18-13(9-21-16)11-7-8-11/h2-6,9-11,14H,7-8,17H2,1H3,(H,18,19,20)/t10-,14-/m1/s1. The molecular weight excluding hydrogens is 282 g/mol. The van der Waals surface area contributed by atoms with E-state index in [1.807, 2.05) is 42.6 Å². The predicted molar refractivity (Wildman–Crippen MR) is 85.3 cm³/mol. The van der Waals surface area contributed by atoms with Gasteiger partial charge in [0.2, 0.25) is 5.91 Å². The number of nitrogens with zero attached hydrogens (tertiary/aromatic N) is 1. The SMILES string of the molecule is C[C@@H](C(=O)Nc1nc(C2CC2)cs1)[C@@H](N)c1ccccc1. The van der Waals surface area contributed by atoms with Gasteiger partial charge in [0, 0.05) is 17.3 Å². The second-order valence-corrected chi connectivity index (χ2v) is 6.42. The summed E-state index contributed by atoms with van der Waals surface area (Å²) in [6, 6.07) is 9.39. The van der Waals surface area contributed by atoms with E-state index in [9.17, 15) is 4.79 Å². The topological polar surface area (TPSA) is 68.0 Å². The number of nitrogens with two attached hydrogens (primary N) is 1. The lowest BCUT2D eigenvalue weighted by Gasteiger charge is -2.19. The first-order valence-electron chi connectivity index (χ1n) is 7.22. The van der Waals surface area contributed by atoms with Gasteiger partial charge >= 0.3 is 0 Å². The summed E-state index contributed by atoms with van der Waals surface area (Å²) >= 11 is 1.49. The van der Waals surface area contributed by atoms with Crippen LogP contribution < -0.4 is 11.1 Å². The van der Waals surface area contributed by atoms with Gasteiger partial charge in [0.15, 0.2) is 5.13 Å². The molecular formula is C16H19N3OS. The van der Waals surface area contributed by atoms with Gasteiger partial charge < -0.3 is 11.1 Å². The molecule has 1 heterocycles. The van der Waals surface area contributed by atoms with Crippen LogP contribution in [0.5, 0.6) is 0 Å². The predicted octanol–water partition coefficient (Wildman–Crippen LogP) is 3.30. The molecule has 110 valence electrons. The molecule has 0 radical (unpaired) electrons. The maximum Gasteiger partial charge on any atom is 0.230 e. The van der Waals surface area contributed by atoms with Crippen LogP contribution in [0.2, 0.25) is 0 Å². The first-order chi connectivity index (χ1) is 10.1. The zero-order valence-corrected chi connectivity index (χ0v) is 12.8. The molecule has 0 bridgehead atoms. The number of thiazole rings is 1. The lowest BCUT2D eigenvalue weighted by atomic mass is 9.95. The van der Waals surface area contributed by atoms with Crippen LogP contribution in [-0.2, 0) is 4.79 Å². The number of carbonyl (C=O) groups is 1. The van der Waals surface area contributed by atoms with Gasteiger partial charge in [0.25, 0.3) is 0 Å². The Labute approximate surface area is 128 Å². The van der Waals surface area contributed by atoms with Crippen LogP contribution in [0.3, 0.4) is 0 Å². The Hall–Kier alpha value is -1.72. The molecule has 3 N–H and O–H groups in total. The third-order valence-electron chi connectivity index (χ3n) is 3.88. The van der Waals surface area contributed by atoms with Crippen LogP contribution in [0.4, 0.5) is 5.13 Å². The quantitative estimate of drug-likeness (QED) is 0.890. The van der Waals surface area contributed by atoms with Crippen LogP contribution in [0.15, 0.2) is 35.7 Å². The van der Waals surface area contributed by atoms with E-state index in [4.69, 9.17) is 5.73 Å². The van der Waals surface area contributed by atoms with E-state index in [-0.39, 0.29) is 17.9 Å². The van der Waals surface area contributed by atoms with Crippen molar-refractivity contribution >= 4 is 22.4 Å². The van der Waals surface area contributed by atoms with Gasteiger partial charge in [-0.1, -0.05) is 37.3 Å². The minimum atomic E-state index is -0.311. The van der Waals surface area contributed by atoms with Crippen molar-refractivity contribution in [2.45, 2.75) is 31.7 Å². The number of nitrogens with one attached hydrogen (secondary N) is 1. The molecule has 1 amide bonds. The Bertz CT molecular complexity index is 621. The van der Waals surface area contributed by atoms with Crippen LogP contribution >= 0.6 is 11.3 Å². The summed E-state index contributed by atoms with van der Waals surface area (Å²) in [5.41, 5.74) is 8.26. The average molecular weight is 301 g/mol. The fourth-order valence-electron chi connectivity index (χ4n) is 2.26. The van der Waals surface area contributed by atoms with Crippen molar-refractivity contribution in [3.63, 3.8) is 0 Å².